The number of nitrogens with one attached hydrogen (secondary N) is 1. The molecule has 2 aromatic rings. The molecule has 5 nitrogen and oxygen atoms in total. The molecule has 2 heterocycles. The highest BCUT2D eigenvalue weighted by molar-refractivity contribution is 7.14. The van der Waals surface area contributed by atoms with Gasteiger partial charge < -0.3 is 14.8 Å². The summed E-state index contributed by atoms with van der Waals surface area (Å²) in [7, 11) is 0. The first-order valence-electron chi connectivity index (χ1n) is 8.90. The van der Waals surface area contributed by atoms with Crippen LogP contribution in [0.3, 0.4) is 0 Å². The van der Waals surface area contributed by atoms with E-state index in [4.69, 9.17) is 9.47 Å². The molecule has 2 bridgehead atoms. The fourth-order valence-corrected chi connectivity index (χ4v) is 5.29. The van der Waals surface area contributed by atoms with Gasteiger partial charge in [-0.1, -0.05) is 6.42 Å². The lowest BCUT2D eigenvalue weighted by molar-refractivity contribution is -0.117. The Hall–Kier alpha value is -2.08. The van der Waals surface area contributed by atoms with Gasteiger partial charge in [-0.3, -0.25) is 4.79 Å². The second-order valence-corrected chi connectivity index (χ2v) is 8.15. The van der Waals surface area contributed by atoms with Gasteiger partial charge in [-0.05, 0) is 55.2 Å². The van der Waals surface area contributed by atoms with E-state index in [9.17, 15) is 4.79 Å². The number of ether oxygens (including phenoxy) is 2. The molecule has 0 spiro atoms. The third kappa shape index (κ3) is 2.88. The number of anilines is 1. The smallest absolute Gasteiger partial charge is 0.231 e. The molecule has 25 heavy (non-hydrogen) atoms. The molecule has 3 aliphatic rings. The highest BCUT2D eigenvalue weighted by Gasteiger charge is 2.40. The predicted molar refractivity (Wildman–Crippen MR) is 95.9 cm³/mol. The van der Waals surface area contributed by atoms with Crippen LogP contribution in [0.2, 0.25) is 0 Å². The van der Waals surface area contributed by atoms with Crippen LogP contribution in [0.25, 0.3) is 11.3 Å². The van der Waals surface area contributed by atoms with Crippen LogP contribution in [0.15, 0.2) is 23.6 Å². The summed E-state index contributed by atoms with van der Waals surface area (Å²) in [6, 6.07) is 5.78. The van der Waals surface area contributed by atoms with Gasteiger partial charge in [0, 0.05) is 17.4 Å². The van der Waals surface area contributed by atoms with Crippen LogP contribution in [0, 0.1) is 17.8 Å². The van der Waals surface area contributed by atoms with Gasteiger partial charge in [-0.25, -0.2) is 4.98 Å². The van der Waals surface area contributed by atoms with E-state index in [1.54, 1.807) is 0 Å². The van der Waals surface area contributed by atoms with E-state index in [2.05, 4.69) is 10.3 Å². The average Bonchev–Trinajstić information content (AvgIpc) is 3.38. The van der Waals surface area contributed by atoms with E-state index in [1.165, 1.54) is 37.0 Å². The first kappa shape index (κ1) is 15.2. The summed E-state index contributed by atoms with van der Waals surface area (Å²) in [5, 5.41) is 5.61. The molecule has 0 saturated heterocycles. The minimum atomic E-state index is 0.101. The van der Waals surface area contributed by atoms with Crippen molar-refractivity contribution in [2.45, 2.75) is 32.1 Å². The number of carbonyl (C=O) groups is 1. The fourth-order valence-electron chi connectivity index (χ4n) is 4.55. The lowest BCUT2D eigenvalue weighted by atomic mass is 9.86. The predicted octanol–water partition coefficient (Wildman–Crippen LogP) is 4.30. The monoisotopic (exact) mass is 356 g/mol. The number of carbonyl (C=O) groups excluding carboxylic acids is 1. The standard InChI is InChI=1S/C19H20N2O3S/c22-18(8-14-6-11-1-2-12(14)5-11)21-19-20-15(9-25-19)13-3-4-16-17(7-13)24-10-23-16/h3-4,7,9,11-12,14H,1-2,5-6,8,10H2,(H,20,21,22). The SMILES string of the molecule is O=C(CC1CC2CCC1C2)Nc1nc(-c2ccc3c(c2)OCO3)cs1. The lowest BCUT2D eigenvalue weighted by Gasteiger charge is -2.20. The summed E-state index contributed by atoms with van der Waals surface area (Å²) >= 11 is 1.46. The zero-order valence-electron chi connectivity index (χ0n) is 13.9. The van der Waals surface area contributed by atoms with Crippen LogP contribution in [0.1, 0.15) is 32.1 Å². The Balaban J connectivity index is 1.24. The maximum atomic E-state index is 12.4. The molecule has 1 aliphatic heterocycles. The maximum absolute atomic E-state index is 12.4. The third-order valence-electron chi connectivity index (χ3n) is 5.75. The summed E-state index contributed by atoms with van der Waals surface area (Å²) in [6.07, 6.45) is 5.89. The van der Waals surface area contributed by atoms with Crippen molar-refractivity contribution in [2.24, 2.45) is 17.8 Å². The molecular formula is C19H20N2O3S. The van der Waals surface area contributed by atoms with Gasteiger partial charge in [0.25, 0.3) is 0 Å². The van der Waals surface area contributed by atoms with E-state index in [0.717, 1.165) is 34.6 Å². The quantitative estimate of drug-likeness (QED) is 0.887. The van der Waals surface area contributed by atoms with E-state index < -0.39 is 0 Å². The second-order valence-electron chi connectivity index (χ2n) is 7.29. The second kappa shape index (κ2) is 6.02. The van der Waals surface area contributed by atoms with Crippen molar-refractivity contribution in [2.75, 3.05) is 12.1 Å². The fraction of sp³-hybridized carbons (Fsp3) is 0.474. The van der Waals surface area contributed by atoms with Gasteiger partial charge in [0.1, 0.15) is 0 Å². The number of hydrogen-bond acceptors (Lipinski definition) is 5. The zero-order chi connectivity index (χ0) is 16.8. The molecule has 2 saturated carbocycles. The number of amides is 1. The van der Waals surface area contributed by atoms with Gasteiger partial charge >= 0.3 is 0 Å². The van der Waals surface area contributed by atoms with Gasteiger partial charge in [0.05, 0.1) is 5.69 Å². The molecule has 1 aromatic heterocycles. The van der Waals surface area contributed by atoms with E-state index in [0.29, 0.717) is 17.5 Å². The maximum Gasteiger partial charge on any atom is 0.231 e. The van der Waals surface area contributed by atoms with Crippen molar-refractivity contribution < 1.29 is 14.3 Å². The van der Waals surface area contributed by atoms with Crippen molar-refractivity contribution >= 4 is 22.4 Å². The zero-order valence-corrected chi connectivity index (χ0v) is 14.7. The highest BCUT2D eigenvalue weighted by Crippen LogP contribution is 2.49. The van der Waals surface area contributed by atoms with Crippen molar-refractivity contribution in [1.82, 2.24) is 4.98 Å². The van der Waals surface area contributed by atoms with E-state index >= 15 is 0 Å². The van der Waals surface area contributed by atoms with Crippen molar-refractivity contribution in [3.8, 4) is 22.8 Å². The molecule has 0 radical (unpaired) electrons. The molecule has 6 heteroatoms. The minimum Gasteiger partial charge on any atom is -0.454 e. The number of benzene rings is 1. The van der Waals surface area contributed by atoms with Crippen LogP contribution in [0.4, 0.5) is 5.13 Å². The van der Waals surface area contributed by atoms with Crippen molar-refractivity contribution in [3.63, 3.8) is 0 Å². The molecule has 1 N–H and O–H groups in total. The Morgan fingerprint density at radius 1 is 1.24 bits per heavy atom. The summed E-state index contributed by atoms with van der Waals surface area (Å²) in [5.41, 5.74) is 1.81. The Labute approximate surface area is 150 Å². The summed E-state index contributed by atoms with van der Waals surface area (Å²) in [6.45, 7) is 0.264. The molecule has 2 aliphatic carbocycles. The number of aromatic nitrogens is 1. The molecule has 1 amide bonds. The molecular weight excluding hydrogens is 336 g/mol. The molecule has 130 valence electrons. The molecule has 3 atom stereocenters. The first-order valence-corrected chi connectivity index (χ1v) is 9.78. The van der Waals surface area contributed by atoms with Crippen molar-refractivity contribution in [3.05, 3.63) is 23.6 Å². The number of rotatable bonds is 4. The van der Waals surface area contributed by atoms with Gasteiger partial charge in [0.2, 0.25) is 12.7 Å². The normalized spacial score (nSPS) is 26.2. The van der Waals surface area contributed by atoms with Crippen LogP contribution in [0.5, 0.6) is 11.5 Å². The Morgan fingerprint density at radius 2 is 2.16 bits per heavy atom. The minimum absolute atomic E-state index is 0.101. The number of hydrogen-bond donors (Lipinski definition) is 1. The topological polar surface area (TPSA) is 60.5 Å². The summed E-state index contributed by atoms with van der Waals surface area (Å²) in [5.74, 6) is 3.83. The van der Waals surface area contributed by atoms with Crippen LogP contribution in [-0.2, 0) is 4.79 Å². The van der Waals surface area contributed by atoms with Crippen molar-refractivity contribution in [1.29, 1.82) is 0 Å². The van der Waals surface area contributed by atoms with Gasteiger partial charge in [-0.15, -0.1) is 11.3 Å². The number of fused-ring (bicyclic) bond motifs is 3. The summed E-state index contributed by atoms with van der Waals surface area (Å²) in [4.78, 5) is 16.9. The van der Waals surface area contributed by atoms with E-state index in [-0.39, 0.29) is 12.7 Å². The Morgan fingerprint density at radius 3 is 3.00 bits per heavy atom. The molecule has 5 rings (SSSR count). The molecule has 2 fully saturated rings. The number of thiazole rings is 1. The van der Waals surface area contributed by atoms with Crippen LogP contribution >= 0.6 is 11.3 Å². The largest absolute Gasteiger partial charge is 0.454 e. The Bertz CT molecular complexity index is 819. The third-order valence-corrected chi connectivity index (χ3v) is 6.51. The number of nitrogens with zero attached hydrogens (tertiary/aromatic N) is 1. The Kier molecular flexibility index (Phi) is 3.66. The van der Waals surface area contributed by atoms with E-state index in [1.807, 2.05) is 23.6 Å². The molecule has 3 unspecified atom stereocenters. The average molecular weight is 356 g/mol. The summed E-state index contributed by atoms with van der Waals surface area (Å²) < 4.78 is 10.7. The molecule has 1 aromatic carbocycles. The van der Waals surface area contributed by atoms with Crippen LogP contribution in [-0.4, -0.2) is 17.7 Å². The van der Waals surface area contributed by atoms with Gasteiger partial charge in [-0.2, -0.15) is 0 Å². The van der Waals surface area contributed by atoms with Gasteiger partial charge in [0.15, 0.2) is 16.6 Å². The van der Waals surface area contributed by atoms with Crippen LogP contribution < -0.4 is 14.8 Å². The lowest BCUT2D eigenvalue weighted by Crippen LogP contribution is -2.20. The first-order chi connectivity index (χ1) is 12.2. The highest BCUT2D eigenvalue weighted by atomic mass is 32.1.